The molecule has 10 heteroatoms. The highest BCUT2D eigenvalue weighted by atomic mass is 19.1. The van der Waals surface area contributed by atoms with Gasteiger partial charge in [0.25, 0.3) is 0 Å². The molecule has 174 valence electrons. The summed E-state index contributed by atoms with van der Waals surface area (Å²) in [6.45, 7) is 0.843. The summed E-state index contributed by atoms with van der Waals surface area (Å²) in [4.78, 5) is 19.5. The van der Waals surface area contributed by atoms with Crippen molar-refractivity contribution in [3.05, 3.63) is 76.9 Å². The fraction of sp³-hybridized carbons (Fsp3) is 0.208. The van der Waals surface area contributed by atoms with Gasteiger partial charge in [0.1, 0.15) is 23.0 Å². The third-order valence-corrected chi connectivity index (χ3v) is 5.81. The van der Waals surface area contributed by atoms with E-state index in [0.29, 0.717) is 6.61 Å². The molecule has 7 nitrogen and oxygen atoms in total. The number of hydrogen-bond acceptors (Lipinski definition) is 5. The number of benzene rings is 2. The number of carboxylic acids is 1. The van der Waals surface area contributed by atoms with Crippen LogP contribution in [0.3, 0.4) is 0 Å². The van der Waals surface area contributed by atoms with Crippen LogP contribution in [0.2, 0.25) is 0 Å². The Balaban J connectivity index is 1.58. The van der Waals surface area contributed by atoms with E-state index in [4.69, 9.17) is 4.74 Å². The number of rotatable bonds is 6. The number of halogens is 3. The van der Waals surface area contributed by atoms with Crippen molar-refractivity contribution in [2.24, 2.45) is 0 Å². The standard InChI is InChI=1S/C24H18F3N3O4/c25-16-10-15(19-2-1-3-22(31)28-19)17(26)6-12(16)9-21-29-23-18(27)7-13(24(32)33)8-20(23)30(21)11-14-4-5-34-14/h1-3,6-8,10,14H,4-5,9,11H2,(H,28,31)(H,32,33)/t14-/m0/s1. The predicted molar refractivity (Wildman–Crippen MR) is 115 cm³/mol. The molecule has 0 spiro atoms. The number of nitrogens with zero attached hydrogens (tertiary/aromatic N) is 3. The van der Waals surface area contributed by atoms with Gasteiger partial charge in [-0.15, -0.1) is 0 Å². The molecule has 1 atom stereocenters. The maximum atomic E-state index is 15.0. The van der Waals surface area contributed by atoms with Crippen molar-refractivity contribution in [3.8, 4) is 17.1 Å². The summed E-state index contributed by atoms with van der Waals surface area (Å²) in [5.74, 6) is -3.67. The second-order valence-corrected chi connectivity index (χ2v) is 8.03. The van der Waals surface area contributed by atoms with Gasteiger partial charge in [-0.05, 0) is 42.3 Å². The molecular formula is C24H18F3N3O4. The molecule has 34 heavy (non-hydrogen) atoms. The van der Waals surface area contributed by atoms with Gasteiger partial charge in [0.05, 0.1) is 29.4 Å². The first-order chi connectivity index (χ1) is 16.3. The van der Waals surface area contributed by atoms with E-state index in [2.05, 4.69) is 9.97 Å². The lowest BCUT2D eigenvalue weighted by atomic mass is 10.0. The molecule has 2 N–H and O–H groups in total. The molecule has 0 amide bonds. The lowest BCUT2D eigenvalue weighted by Gasteiger charge is -2.27. The van der Waals surface area contributed by atoms with E-state index in [1.54, 1.807) is 4.57 Å². The maximum Gasteiger partial charge on any atom is 0.335 e. The average molecular weight is 469 g/mol. The van der Waals surface area contributed by atoms with Crippen LogP contribution in [-0.4, -0.2) is 43.4 Å². The third-order valence-electron chi connectivity index (χ3n) is 5.81. The van der Waals surface area contributed by atoms with E-state index in [-0.39, 0.29) is 64.2 Å². The molecule has 0 radical (unpaired) electrons. The van der Waals surface area contributed by atoms with Crippen LogP contribution in [0.5, 0.6) is 5.88 Å². The van der Waals surface area contributed by atoms with E-state index in [1.807, 2.05) is 0 Å². The molecule has 5 rings (SSSR count). The number of aromatic nitrogens is 3. The fourth-order valence-corrected chi connectivity index (χ4v) is 3.99. The first kappa shape index (κ1) is 21.9. The van der Waals surface area contributed by atoms with E-state index in [1.165, 1.54) is 24.3 Å². The van der Waals surface area contributed by atoms with Gasteiger partial charge in [0, 0.05) is 24.7 Å². The highest BCUT2D eigenvalue weighted by Gasteiger charge is 2.25. The van der Waals surface area contributed by atoms with Crippen LogP contribution in [-0.2, 0) is 17.7 Å². The molecule has 3 heterocycles. The number of carboxylic acid groups (broad SMARTS) is 1. The number of hydrogen-bond donors (Lipinski definition) is 2. The van der Waals surface area contributed by atoms with Crippen LogP contribution in [0, 0.1) is 17.5 Å². The zero-order valence-electron chi connectivity index (χ0n) is 17.6. The quantitative estimate of drug-likeness (QED) is 0.437. The third kappa shape index (κ3) is 3.96. The summed E-state index contributed by atoms with van der Waals surface area (Å²) in [7, 11) is 0. The van der Waals surface area contributed by atoms with Crippen molar-refractivity contribution < 1.29 is 32.9 Å². The van der Waals surface area contributed by atoms with Gasteiger partial charge in [-0.1, -0.05) is 6.07 Å². The smallest absolute Gasteiger partial charge is 0.335 e. The van der Waals surface area contributed by atoms with Gasteiger partial charge in [0.2, 0.25) is 5.88 Å². The molecule has 1 saturated heterocycles. The normalized spacial score (nSPS) is 15.4. The molecule has 4 aromatic rings. The Labute approximate surface area is 191 Å². The van der Waals surface area contributed by atoms with Crippen LogP contribution in [0.1, 0.15) is 28.2 Å². The molecule has 2 aromatic carbocycles. The van der Waals surface area contributed by atoms with Crippen LogP contribution in [0.4, 0.5) is 13.2 Å². The molecular weight excluding hydrogens is 451 g/mol. The SMILES string of the molecule is O=C(O)c1cc(F)c2nc(Cc3cc(F)c(-c4cccc(O)n4)cc3F)n(C[C@@H]3CCO3)c2c1. The van der Waals surface area contributed by atoms with E-state index in [0.717, 1.165) is 24.6 Å². The van der Waals surface area contributed by atoms with Gasteiger partial charge >= 0.3 is 5.97 Å². The minimum absolute atomic E-state index is 0.0219. The van der Waals surface area contributed by atoms with Crippen molar-refractivity contribution in [2.75, 3.05) is 6.61 Å². The molecule has 1 aliphatic heterocycles. The lowest BCUT2D eigenvalue weighted by Crippen LogP contribution is -2.31. The van der Waals surface area contributed by atoms with E-state index in [9.17, 15) is 23.8 Å². The number of fused-ring (bicyclic) bond motifs is 1. The number of aromatic carboxylic acids is 1. The monoisotopic (exact) mass is 469 g/mol. The van der Waals surface area contributed by atoms with Crippen LogP contribution in [0.25, 0.3) is 22.3 Å². The highest BCUT2D eigenvalue weighted by Crippen LogP contribution is 2.29. The van der Waals surface area contributed by atoms with Crippen LogP contribution < -0.4 is 0 Å². The first-order valence-corrected chi connectivity index (χ1v) is 10.5. The van der Waals surface area contributed by atoms with E-state index < -0.39 is 23.4 Å². The fourth-order valence-electron chi connectivity index (χ4n) is 3.99. The topological polar surface area (TPSA) is 97.5 Å². The molecule has 1 fully saturated rings. The van der Waals surface area contributed by atoms with Gasteiger partial charge in [-0.2, -0.15) is 0 Å². The second-order valence-electron chi connectivity index (χ2n) is 8.03. The number of pyridine rings is 1. The zero-order valence-corrected chi connectivity index (χ0v) is 17.6. The highest BCUT2D eigenvalue weighted by molar-refractivity contribution is 5.92. The van der Waals surface area contributed by atoms with Gasteiger partial charge in [-0.25, -0.2) is 27.9 Å². The van der Waals surface area contributed by atoms with Crippen molar-refractivity contribution in [1.82, 2.24) is 14.5 Å². The Bertz CT molecular complexity index is 1430. The minimum Gasteiger partial charge on any atom is -0.493 e. The van der Waals surface area contributed by atoms with Crippen LogP contribution >= 0.6 is 0 Å². The van der Waals surface area contributed by atoms with E-state index >= 15 is 4.39 Å². The zero-order chi connectivity index (χ0) is 24.0. The average Bonchev–Trinajstić information content (AvgIpc) is 3.10. The molecule has 2 aromatic heterocycles. The summed E-state index contributed by atoms with van der Waals surface area (Å²) in [5, 5.41) is 18.9. The Morgan fingerprint density at radius 3 is 2.56 bits per heavy atom. The van der Waals surface area contributed by atoms with Gasteiger partial charge in [-0.3, -0.25) is 0 Å². The van der Waals surface area contributed by atoms with Gasteiger partial charge in [0.15, 0.2) is 5.82 Å². The number of imidazole rings is 1. The number of aromatic hydroxyl groups is 1. The molecule has 0 saturated carbocycles. The number of ether oxygens (including phenoxy) is 1. The molecule has 0 aliphatic carbocycles. The first-order valence-electron chi connectivity index (χ1n) is 10.5. The minimum atomic E-state index is -1.29. The Kier molecular flexibility index (Phi) is 5.45. The largest absolute Gasteiger partial charge is 0.493 e. The molecule has 1 aliphatic rings. The molecule has 0 unspecified atom stereocenters. The van der Waals surface area contributed by atoms with Gasteiger partial charge < -0.3 is 19.5 Å². The maximum absolute atomic E-state index is 15.0. The number of carbonyl (C=O) groups is 1. The Morgan fingerprint density at radius 1 is 1.09 bits per heavy atom. The molecule has 0 bridgehead atoms. The summed E-state index contributed by atoms with van der Waals surface area (Å²) in [6, 6.07) is 8.41. The summed E-state index contributed by atoms with van der Waals surface area (Å²) < 4.78 is 51.6. The van der Waals surface area contributed by atoms with Crippen molar-refractivity contribution in [1.29, 1.82) is 0 Å². The second kappa shape index (κ2) is 8.45. The lowest BCUT2D eigenvalue weighted by molar-refractivity contribution is -0.0589. The predicted octanol–water partition coefficient (Wildman–Crippen LogP) is 4.30. The van der Waals surface area contributed by atoms with Crippen molar-refractivity contribution in [2.45, 2.75) is 25.5 Å². The summed E-state index contributed by atoms with van der Waals surface area (Å²) in [6.07, 6.45) is 0.419. The van der Waals surface area contributed by atoms with Crippen molar-refractivity contribution >= 4 is 17.0 Å². The Hall–Kier alpha value is -3.92. The van der Waals surface area contributed by atoms with Crippen LogP contribution in [0.15, 0.2) is 42.5 Å². The Morgan fingerprint density at radius 2 is 1.88 bits per heavy atom. The summed E-state index contributed by atoms with van der Waals surface area (Å²) in [5.41, 5.74) is -0.129. The summed E-state index contributed by atoms with van der Waals surface area (Å²) >= 11 is 0. The van der Waals surface area contributed by atoms with Crippen molar-refractivity contribution in [3.63, 3.8) is 0 Å².